The molecule has 9 nitrogen and oxygen atoms in total. The van der Waals surface area contributed by atoms with Crippen molar-refractivity contribution in [3.8, 4) is 28.0 Å². The van der Waals surface area contributed by atoms with Crippen LogP contribution in [0.4, 0.5) is 37.1 Å². The van der Waals surface area contributed by atoms with Crippen molar-refractivity contribution in [2.45, 2.75) is 57.7 Å². The molecule has 51 heavy (non-hydrogen) atoms. The maximum Gasteiger partial charge on any atom is 0.416 e. The van der Waals surface area contributed by atoms with Crippen LogP contribution in [0.5, 0.6) is 5.75 Å². The van der Waals surface area contributed by atoms with E-state index >= 15 is 0 Å². The van der Waals surface area contributed by atoms with E-state index < -0.39 is 53.3 Å². The number of carbonyl (C=O) groups is 2. The van der Waals surface area contributed by atoms with Gasteiger partial charge in [0.15, 0.2) is 0 Å². The van der Waals surface area contributed by atoms with Gasteiger partial charge < -0.3 is 19.5 Å². The van der Waals surface area contributed by atoms with Crippen LogP contribution in [0.3, 0.4) is 0 Å². The molecule has 0 spiro atoms. The van der Waals surface area contributed by atoms with Crippen molar-refractivity contribution in [1.82, 2.24) is 14.9 Å². The van der Waals surface area contributed by atoms with E-state index in [2.05, 4.69) is 4.98 Å². The zero-order valence-corrected chi connectivity index (χ0v) is 27.6. The van der Waals surface area contributed by atoms with Crippen LogP contribution in [-0.2, 0) is 23.6 Å². The third-order valence-corrected chi connectivity index (χ3v) is 9.17. The fraction of sp³-hybridized carbons (Fsp3) is 0.333. The van der Waals surface area contributed by atoms with Gasteiger partial charge >= 0.3 is 24.4 Å². The van der Waals surface area contributed by atoms with Gasteiger partial charge in [0, 0.05) is 30.4 Å². The van der Waals surface area contributed by atoms with Crippen LogP contribution in [0.1, 0.15) is 64.2 Å². The van der Waals surface area contributed by atoms with Crippen LogP contribution >= 0.6 is 0 Å². The van der Waals surface area contributed by atoms with Crippen LogP contribution in [0, 0.1) is 6.92 Å². The zero-order chi connectivity index (χ0) is 36.8. The number of ether oxygens (including phenoxy) is 2. The van der Waals surface area contributed by atoms with Crippen molar-refractivity contribution in [3.63, 3.8) is 0 Å². The molecule has 1 amide bonds. The summed E-state index contributed by atoms with van der Waals surface area (Å²) < 4.78 is 93.1. The molecule has 0 aliphatic carbocycles. The molecule has 15 heteroatoms. The lowest BCUT2D eigenvalue weighted by molar-refractivity contribution is -0.143. The number of aromatic nitrogens is 2. The molecule has 2 atom stereocenters. The number of carboxylic acids is 1. The van der Waals surface area contributed by atoms with E-state index in [1.807, 2.05) is 11.0 Å². The molecule has 1 aromatic heterocycles. The van der Waals surface area contributed by atoms with E-state index in [9.17, 15) is 41.0 Å². The Morgan fingerprint density at radius 2 is 1.61 bits per heavy atom. The maximum atomic E-state index is 13.7. The number of rotatable bonds is 8. The van der Waals surface area contributed by atoms with E-state index in [0.717, 1.165) is 18.4 Å². The van der Waals surface area contributed by atoms with Gasteiger partial charge in [-0.05, 0) is 91.4 Å². The second-order valence-electron chi connectivity index (χ2n) is 12.5. The first-order chi connectivity index (χ1) is 24.0. The highest BCUT2D eigenvalue weighted by atomic mass is 19.4. The van der Waals surface area contributed by atoms with Gasteiger partial charge in [0.25, 0.3) is 0 Å². The highest BCUT2D eigenvalue weighted by Crippen LogP contribution is 2.42. The monoisotopic (exact) mass is 714 g/mol. The third kappa shape index (κ3) is 7.14. The molecule has 1 N–H and O–H groups in total. The van der Waals surface area contributed by atoms with E-state index in [4.69, 9.17) is 14.5 Å². The number of hydrogen-bond acceptors (Lipinski definition) is 7. The predicted molar refractivity (Wildman–Crippen MR) is 173 cm³/mol. The predicted octanol–water partition coefficient (Wildman–Crippen LogP) is 8.55. The maximum absolute atomic E-state index is 13.7. The molecule has 3 aromatic carbocycles. The molecule has 0 saturated carbocycles. The Hall–Kier alpha value is -5.34. The van der Waals surface area contributed by atoms with Crippen molar-refractivity contribution >= 4 is 18.0 Å². The average Bonchev–Trinajstić information content (AvgIpc) is 3.72. The number of carboxylic acid groups (broad SMARTS) is 1. The largest absolute Gasteiger partial charge is 0.496 e. The highest BCUT2D eigenvalue weighted by molar-refractivity contribution is 5.89. The number of anilines is 1. The minimum atomic E-state index is -5.08. The molecule has 2 fully saturated rings. The number of benzene rings is 3. The summed E-state index contributed by atoms with van der Waals surface area (Å²) in [7, 11) is 1.47. The number of methoxy groups -OCH3 is 1. The molecule has 0 radical (unpaired) electrons. The molecule has 4 aromatic rings. The molecule has 3 heterocycles. The van der Waals surface area contributed by atoms with Crippen molar-refractivity contribution in [2.75, 3.05) is 25.1 Å². The Labute approximate surface area is 288 Å². The average molecular weight is 715 g/mol. The number of amides is 1. The molecule has 268 valence electrons. The van der Waals surface area contributed by atoms with Crippen LogP contribution in [-0.4, -0.2) is 58.3 Å². The van der Waals surface area contributed by atoms with Gasteiger partial charge in [-0.25, -0.2) is 19.6 Å². The quantitative estimate of drug-likeness (QED) is 0.181. The molecular weight excluding hydrogens is 682 g/mol. The second kappa shape index (κ2) is 13.4. The smallest absolute Gasteiger partial charge is 0.416 e. The van der Waals surface area contributed by atoms with Crippen LogP contribution in [0.25, 0.3) is 22.3 Å². The van der Waals surface area contributed by atoms with E-state index in [1.165, 1.54) is 25.0 Å². The number of aryl methyl sites for hydroxylation is 1. The number of alkyl halides is 6. The number of halogens is 6. The Kier molecular flexibility index (Phi) is 9.33. The SMILES string of the molecule is COc1ccc(-c2ccc(C(=O)O)cc2C)cc1-c1cnc(N2CCCC2)nc1CN1C(=O)O[C@H](c2cc(C(F)(F)F)cc(C(F)(F)F)c2)[C@@H]1C. The number of carbonyl (C=O) groups excluding carboxylic acids is 1. The molecule has 6 rings (SSSR count). The van der Waals surface area contributed by atoms with Gasteiger partial charge in [-0.2, -0.15) is 26.3 Å². The third-order valence-electron chi connectivity index (χ3n) is 9.17. The summed E-state index contributed by atoms with van der Waals surface area (Å²) in [5, 5.41) is 9.43. The lowest BCUT2D eigenvalue weighted by Gasteiger charge is -2.24. The van der Waals surface area contributed by atoms with Gasteiger partial charge in [0.1, 0.15) is 11.9 Å². The lowest BCUT2D eigenvalue weighted by Crippen LogP contribution is -2.32. The van der Waals surface area contributed by atoms with Crippen LogP contribution in [0.15, 0.2) is 60.8 Å². The summed E-state index contributed by atoms with van der Waals surface area (Å²) in [5.74, 6) is -0.243. The lowest BCUT2D eigenvalue weighted by atomic mass is 9.94. The molecule has 0 unspecified atom stereocenters. The number of nitrogens with zero attached hydrogens (tertiary/aromatic N) is 4. The van der Waals surface area contributed by atoms with E-state index in [1.54, 1.807) is 37.4 Å². The first-order valence-corrected chi connectivity index (χ1v) is 16.0. The molecule has 2 saturated heterocycles. The Bertz CT molecular complexity index is 1960. The molecule has 0 bridgehead atoms. The van der Waals surface area contributed by atoms with Gasteiger partial charge in [-0.1, -0.05) is 12.1 Å². The first-order valence-electron chi connectivity index (χ1n) is 16.0. The summed E-state index contributed by atoms with van der Waals surface area (Å²) in [6, 6.07) is 10.2. The van der Waals surface area contributed by atoms with Crippen molar-refractivity contribution < 1.29 is 50.5 Å². The fourth-order valence-corrected chi connectivity index (χ4v) is 6.49. The second-order valence-corrected chi connectivity index (χ2v) is 12.5. The van der Waals surface area contributed by atoms with Gasteiger partial charge in [-0.3, -0.25) is 4.90 Å². The summed E-state index contributed by atoms with van der Waals surface area (Å²) in [6.07, 6.45) is -9.11. The van der Waals surface area contributed by atoms with Gasteiger partial charge in [-0.15, -0.1) is 0 Å². The minimum absolute atomic E-state index is 0.0271. The number of hydrogen-bond donors (Lipinski definition) is 1. The van der Waals surface area contributed by atoms with Gasteiger partial charge in [0.2, 0.25) is 5.95 Å². The number of cyclic esters (lactones) is 1. The topological polar surface area (TPSA) is 105 Å². The van der Waals surface area contributed by atoms with Crippen molar-refractivity contribution in [3.05, 3.63) is 94.3 Å². The normalized spacial score (nSPS) is 17.9. The molecule has 2 aliphatic heterocycles. The first kappa shape index (κ1) is 35.5. The minimum Gasteiger partial charge on any atom is -0.496 e. The number of aromatic carboxylic acids is 1. The zero-order valence-electron chi connectivity index (χ0n) is 27.6. The Morgan fingerprint density at radius 1 is 0.941 bits per heavy atom. The Balaban J connectivity index is 1.42. The van der Waals surface area contributed by atoms with Crippen molar-refractivity contribution in [1.29, 1.82) is 0 Å². The van der Waals surface area contributed by atoms with E-state index in [-0.39, 0.29) is 18.2 Å². The standard InChI is InChI=1S/C36H32F6N4O5/c1-19-12-22(32(47)48)6-8-26(19)21-7-9-30(50-3)27(15-21)28-17-43-33(45-10-4-5-11-45)44-29(28)18-46-20(2)31(51-34(46)49)23-13-24(35(37,38)39)16-25(14-23)36(40,41)42/h6-9,12-17,20,31H,4-5,10-11,18H2,1-3H3,(H,47,48)/t20-,31-/m0/s1. The Morgan fingerprint density at radius 3 is 2.20 bits per heavy atom. The van der Waals surface area contributed by atoms with Crippen LogP contribution in [0.2, 0.25) is 0 Å². The molecular formula is C36H32F6N4O5. The summed E-state index contributed by atoms with van der Waals surface area (Å²) in [4.78, 5) is 37.5. The van der Waals surface area contributed by atoms with Crippen molar-refractivity contribution in [2.24, 2.45) is 0 Å². The van der Waals surface area contributed by atoms with E-state index in [0.29, 0.717) is 64.9 Å². The summed E-state index contributed by atoms with van der Waals surface area (Å²) >= 11 is 0. The highest BCUT2D eigenvalue weighted by Gasteiger charge is 2.43. The van der Waals surface area contributed by atoms with Crippen LogP contribution < -0.4 is 9.64 Å². The summed E-state index contributed by atoms with van der Waals surface area (Å²) in [5.41, 5.74) is 0.155. The fourth-order valence-electron chi connectivity index (χ4n) is 6.49. The summed E-state index contributed by atoms with van der Waals surface area (Å²) in [6.45, 7) is 4.44. The van der Waals surface area contributed by atoms with Gasteiger partial charge in [0.05, 0.1) is 42.1 Å². The molecule has 2 aliphatic rings.